The first kappa shape index (κ1) is 13.7. The van der Waals surface area contributed by atoms with Crippen molar-refractivity contribution in [3.05, 3.63) is 52.3 Å². The highest BCUT2D eigenvalue weighted by Gasteiger charge is 2.08. The number of hydrogen-bond donors (Lipinski definition) is 1. The monoisotopic (exact) mass is 323 g/mol. The largest absolute Gasteiger partial charge is 0.490 e. The third-order valence-corrected chi connectivity index (χ3v) is 2.90. The number of hydrogen-bond acceptors (Lipinski definition) is 3. The molecule has 0 saturated carbocycles. The fourth-order valence-electron chi connectivity index (χ4n) is 1.56. The molecule has 0 radical (unpaired) electrons. The molecular weight excluding hydrogens is 310 g/mol. The highest BCUT2D eigenvalue weighted by molar-refractivity contribution is 9.10. The van der Waals surface area contributed by atoms with Crippen LogP contribution in [0.1, 0.15) is 16.1 Å². The number of aryl methyl sites for hydroxylation is 1. The molecule has 1 heterocycles. The molecule has 4 nitrogen and oxygen atoms in total. The standard InChI is InChI=1S/C14H14BrNO3/c1-10-3-2-4-12(7-10)18-5-6-19-14(17)13-8-11(15)9-16-13/h2-4,7-9,16H,5-6H2,1H3. The Morgan fingerprint density at radius 2 is 2.16 bits per heavy atom. The Morgan fingerprint density at radius 3 is 2.84 bits per heavy atom. The van der Waals surface area contributed by atoms with E-state index in [1.165, 1.54) is 0 Å². The zero-order valence-electron chi connectivity index (χ0n) is 10.5. The van der Waals surface area contributed by atoms with Crippen molar-refractivity contribution < 1.29 is 14.3 Å². The zero-order valence-corrected chi connectivity index (χ0v) is 12.1. The maximum Gasteiger partial charge on any atom is 0.354 e. The SMILES string of the molecule is Cc1cccc(OCCOC(=O)c2cc(Br)c[nH]2)c1. The fraction of sp³-hybridized carbons (Fsp3) is 0.214. The smallest absolute Gasteiger partial charge is 0.354 e. The van der Waals surface area contributed by atoms with Crippen LogP contribution in [-0.4, -0.2) is 24.2 Å². The predicted molar refractivity (Wildman–Crippen MR) is 75.4 cm³/mol. The van der Waals surface area contributed by atoms with E-state index in [0.717, 1.165) is 15.8 Å². The van der Waals surface area contributed by atoms with Gasteiger partial charge in [0.2, 0.25) is 0 Å². The van der Waals surface area contributed by atoms with Gasteiger partial charge in [-0.2, -0.15) is 0 Å². The normalized spacial score (nSPS) is 10.2. The molecule has 0 fully saturated rings. The second-order valence-corrected chi connectivity index (χ2v) is 4.95. The van der Waals surface area contributed by atoms with Crippen molar-refractivity contribution >= 4 is 21.9 Å². The summed E-state index contributed by atoms with van der Waals surface area (Å²) in [5, 5.41) is 0. The number of aromatic nitrogens is 1. The Labute approximate surface area is 119 Å². The molecule has 0 saturated heterocycles. The number of nitrogens with one attached hydrogen (secondary N) is 1. The van der Waals surface area contributed by atoms with Crippen LogP contribution in [0.4, 0.5) is 0 Å². The van der Waals surface area contributed by atoms with Gasteiger partial charge in [0.25, 0.3) is 0 Å². The number of benzene rings is 1. The average molecular weight is 324 g/mol. The van der Waals surface area contributed by atoms with E-state index in [1.54, 1.807) is 12.3 Å². The average Bonchev–Trinajstić information content (AvgIpc) is 2.81. The summed E-state index contributed by atoms with van der Waals surface area (Å²) in [7, 11) is 0. The quantitative estimate of drug-likeness (QED) is 0.678. The summed E-state index contributed by atoms with van der Waals surface area (Å²) >= 11 is 3.26. The number of H-pyrrole nitrogens is 1. The first-order valence-corrected chi connectivity index (χ1v) is 6.65. The molecule has 1 aromatic carbocycles. The summed E-state index contributed by atoms with van der Waals surface area (Å²) in [5.41, 5.74) is 1.55. The van der Waals surface area contributed by atoms with Gasteiger partial charge in [0.15, 0.2) is 0 Å². The van der Waals surface area contributed by atoms with Crippen LogP contribution in [0.3, 0.4) is 0 Å². The second kappa shape index (κ2) is 6.43. The van der Waals surface area contributed by atoms with Gasteiger partial charge in [0, 0.05) is 10.7 Å². The second-order valence-electron chi connectivity index (χ2n) is 4.03. The lowest BCUT2D eigenvalue weighted by Crippen LogP contribution is -2.12. The van der Waals surface area contributed by atoms with E-state index in [9.17, 15) is 4.79 Å². The lowest BCUT2D eigenvalue weighted by Gasteiger charge is -2.07. The Morgan fingerprint density at radius 1 is 1.32 bits per heavy atom. The number of carbonyl (C=O) groups excluding carboxylic acids is 1. The van der Waals surface area contributed by atoms with Crippen LogP contribution in [0.5, 0.6) is 5.75 Å². The maximum atomic E-state index is 11.6. The first-order valence-electron chi connectivity index (χ1n) is 5.85. The molecule has 5 heteroatoms. The van der Waals surface area contributed by atoms with Crippen LogP contribution in [-0.2, 0) is 4.74 Å². The molecule has 0 amide bonds. The Kier molecular flexibility index (Phi) is 4.63. The van der Waals surface area contributed by atoms with Crippen LogP contribution >= 0.6 is 15.9 Å². The number of aromatic amines is 1. The number of carbonyl (C=O) groups is 1. The molecule has 1 aromatic heterocycles. The molecular formula is C14H14BrNO3. The minimum Gasteiger partial charge on any atom is -0.490 e. The lowest BCUT2D eigenvalue weighted by atomic mass is 10.2. The zero-order chi connectivity index (χ0) is 13.7. The van der Waals surface area contributed by atoms with Crippen molar-refractivity contribution in [1.29, 1.82) is 0 Å². The van der Waals surface area contributed by atoms with Crippen molar-refractivity contribution in [2.45, 2.75) is 6.92 Å². The summed E-state index contributed by atoms with van der Waals surface area (Å²) in [5.74, 6) is 0.386. The minimum atomic E-state index is -0.390. The lowest BCUT2D eigenvalue weighted by molar-refractivity contribution is 0.0444. The molecule has 0 spiro atoms. The maximum absolute atomic E-state index is 11.6. The van der Waals surface area contributed by atoms with Gasteiger partial charge in [-0.25, -0.2) is 4.79 Å². The molecule has 0 aliphatic heterocycles. The third kappa shape index (κ3) is 4.13. The highest BCUT2D eigenvalue weighted by atomic mass is 79.9. The van der Waals surface area contributed by atoms with Crippen LogP contribution in [0.2, 0.25) is 0 Å². The van der Waals surface area contributed by atoms with Crippen LogP contribution in [0.15, 0.2) is 41.0 Å². The molecule has 100 valence electrons. The Balaban J connectivity index is 1.74. The van der Waals surface area contributed by atoms with E-state index in [0.29, 0.717) is 12.3 Å². The number of ether oxygens (including phenoxy) is 2. The van der Waals surface area contributed by atoms with E-state index < -0.39 is 5.97 Å². The fourth-order valence-corrected chi connectivity index (χ4v) is 1.91. The van der Waals surface area contributed by atoms with Crippen molar-refractivity contribution in [2.24, 2.45) is 0 Å². The Hall–Kier alpha value is -1.75. The van der Waals surface area contributed by atoms with Crippen LogP contribution in [0, 0.1) is 6.92 Å². The van der Waals surface area contributed by atoms with Gasteiger partial charge >= 0.3 is 5.97 Å². The van der Waals surface area contributed by atoms with Crippen LogP contribution < -0.4 is 4.74 Å². The van der Waals surface area contributed by atoms with E-state index >= 15 is 0 Å². The minimum absolute atomic E-state index is 0.212. The van der Waals surface area contributed by atoms with Gasteiger partial charge in [-0.15, -0.1) is 0 Å². The highest BCUT2D eigenvalue weighted by Crippen LogP contribution is 2.13. The van der Waals surface area contributed by atoms with Gasteiger partial charge in [-0.05, 0) is 46.6 Å². The van der Waals surface area contributed by atoms with Gasteiger partial charge in [-0.1, -0.05) is 12.1 Å². The number of rotatable bonds is 5. The van der Waals surface area contributed by atoms with E-state index in [4.69, 9.17) is 9.47 Å². The summed E-state index contributed by atoms with van der Waals surface area (Å²) in [4.78, 5) is 14.4. The van der Waals surface area contributed by atoms with Crippen molar-refractivity contribution in [3.8, 4) is 5.75 Å². The molecule has 2 aromatic rings. The van der Waals surface area contributed by atoms with E-state index in [-0.39, 0.29) is 6.61 Å². The Bertz CT molecular complexity index is 565. The summed E-state index contributed by atoms with van der Waals surface area (Å²) in [6.45, 7) is 2.54. The molecule has 19 heavy (non-hydrogen) atoms. The van der Waals surface area contributed by atoms with Gasteiger partial charge in [0.1, 0.15) is 24.7 Å². The summed E-state index contributed by atoms with van der Waals surface area (Å²) in [6, 6.07) is 9.40. The molecule has 2 rings (SSSR count). The van der Waals surface area contributed by atoms with Crippen LogP contribution in [0.25, 0.3) is 0 Å². The van der Waals surface area contributed by atoms with E-state index in [1.807, 2.05) is 31.2 Å². The van der Waals surface area contributed by atoms with Crippen molar-refractivity contribution in [3.63, 3.8) is 0 Å². The number of esters is 1. The van der Waals surface area contributed by atoms with Gasteiger partial charge < -0.3 is 14.5 Å². The van der Waals surface area contributed by atoms with E-state index in [2.05, 4.69) is 20.9 Å². The van der Waals surface area contributed by atoms with Gasteiger partial charge in [-0.3, -0.25) is 0 Å². The molecule has 0 bridgehead atoms. The summed E-state index contributed by atoms with van der Waals surface area (Å²) in [6.07, 6.45) is 1.68. The molecule has 0 unspecified atom stereocenters. The van der Waals surface area contributed by atoms with Crippen molar-refractivity contribution in [2.75, 3.05) is 13.2 Å². The van der Waals surface area contributed by atoms with Gasteiger partial charge in [0.05, 0.1) is 0 Å². The topological polar surface area (TPSA) is 51.3 Å². The summed E-state index contributed by atoms with van der Waals surface area (Å²) < 4.78 is 11.4. The predicted octanol–water partition coefficient (Wildman–Crippen LogP) is 3.32. The van der Waals surface area contributed by atoms with Crippen molar-refractivity contribution in [1.82, 2.24) is 4.98 Å². The third-order valence-electron chi connectivity index (χ3n) is 2.44. The molecule has 1 N–H and O–H groups in total. The molecule has 0 aliphatic rings. The molecule has 0 aliphatic carbocycles. The first-order chi connectivity index (χ1) is 9.15. The molecule has 0 atom stereocenters. The number of halogens is 1.